The number of hydrogen-bond acceptors (Lipinski definition) is 0. The van der Waals surface area contributed by atoms with E-state index in [0.717, 1.165) is 12.8 Å². The lowest BCUT2D eigenvalue weighted by atomic mass is 9.85. The van der Waals surface area contributed by atoms with Gasteiger partial charge in [0.25, 0.3) is 0 Å². The van der Waals surface area contributed by atoms with Gasteiger partial charge in [0, 0.05) is 0 Å². The van der Waals surface area contributed by atoms with Gasteiger partial charge in [0.2, 0.25) is 0 Å². The van der Waals surface area contributed by atoms with E-state index in [1.165, 1.54) is 27.8 Å². The Morgan fingerprint density at radius 1 is 0.952 bits per heavy atom. The first-order valence-corrected chi connectivity index (χ1v) is 7.92. The van der Waals surface area contributed by atoms with Gasteiger partial charge in [0.15, 0.2) is 0 Å². The summed E-state index contributed by atoms with van der Waals surface area (Å²) in [5, 5.41) is 0. The zero-order valence-electron chi connectivity index (χ0n) is 13.5. The second-order valence-corrected chi connectivity index (χ2v) is 6.99. The van der Waals surface area contributed by atoms with E-state index in [4.69, 9.17) is 0 Å². The number of hydrogen-bond donors (Lipinski definition) is 0. The Kier molecular flexibility index (Phi) is 3.49. The van der Waals surface area contributed by atoms with E-state index in [9.17, 15) is 0 Å². The summed E-state index contributed by atoms with van der Waals surface area (Å²) in [6.45, 7) is 9.19. The van der Waals surface area contributed by atoms with Gasteiger partial charge < -0.3 is 0 Å². The van der Waals surface area contributed by atoms with Gasteiger partial charge in [-0.25, -0.2) is 0 Å². The van der Waals surface area contributed by atoms with Gasteiger partial charge in [0.1, 0.15) is 0 Å². The maximum Gasteiger partial charge on any atom is -0.00523 e. The largest absolute Gasteiger partial charge is 0.0622 e. The quantitative estimate of drug-likeness (QED) is 0.640. The lowest BCUT2D eigenvalue weighted by molar-refractivity contribution is 0.498. The van der Waals surface area contributed by atoms with E-state index >= 15 is 0 Å². The molecule has 2 aromatic rings. The standard InChI is InChI=1S/C21H24/c1-5-15-11-12-17-13-18(21(2,3)4)14-19(17)20(15)16-9-7-6-8-10-16/h6-12,14H,5,13H2,1-4H3. The molecule has 0 nitrogen and oxygen atoms in total. The minimum atomic E-state index is 0.249. The van der Waals surface area contributed by atoms with Crippen LogP contribution < -0.4 is 0 Å². The molecule has 0 bridgehead atoms. The van der Waals surface area contributed by atoms with Gasteiger partial charge >= 0.3 is 0 Å². The van der Waals surface area contributed by atoms with Crippen LogP contribution in [0.25, 0.3) is 17.2 Å². The molecular formula is C21H24. The van der Waals surface area contributed by atoms with Crippen LogP contribution in [-0.2, 0) is 12.8 Å². The predicted molar refractivity (Wildman–Crippen MR) is 92.4 cm³/mol. The molecule has 21 heavy (non-hydrogen) atoms. The summed E-state index contributed by atoms with van der Waals surface area (Å²) in [6, 6.07) is 15.5. The summed E-state index contributed by atoms with van der Waals surface area (Å²) >= 11 is 0. The molecule has 0 aliphatic heterocycles. The summed E-state index contributed by atoms with van der Waals surface area (Å²) in [5.41, 5.74) is 8.96. The molecule has 0 fully saturated rings. The Bertz CT molecular complexity index is 682. The van der Waals surface area contributed by atoms with Crippen LogP contribution in [0.2, 0.25) is 0 Å². The Morgan fingerprint density at radius 2 is 1.67 bits per heavy atom. The average Bonchev–Trinajstić information content (AvgIpc) is 2.91. The number of allylic oxidation sites excluding steroid dienone is 1. The van der Waals surface area contributed by atoms with E-state index in [0.29, 0.717) is 0 Å². The van der Waals surface area contributed by atoms with E-state index in [-0.39, 0.29) is 5.41 Å². The van der Waals surface area contributed by atoms with Gasteiger partial charge in [-0.15, -0.1) is 0 Å². The highest BCUT2D eigenvalue weighted by Gasteiger charge is 2.25. The van der Waals surface area contributed by atoms with Crippen LogP contribution in [-0.4, -0.2) is 0 Å². The molecule has 0 N–H and O–H groups in total. The number of aryl methyl sites for hydroxylation is 1. The molecule has 0 saturated carbocycles. The fourth-order valence-electron chi connectivity index (χ4n) is 3.18. The van der Waals surface area contributed by atoms with Crippen molar-refractivity contribution in [2.75, 3.05) is 0 Å². The lowest BCUT2D eigenvalue weighted by Crippen LogP contribution is -2.08. The van der Waals surface area contributed by atoms with Gasteiger partial charge in [-0.05, 0) is 46.1 Å². The molecule has 0 aromatic heterocycles. The molecule has 3 rings (SSSR count). The molecule has 1 aliphatic carbocycles. The van der Waals surface area contributed by atoms with E-state index < -0.39 is 0 Å². The van der Waals surface area contributed by atoms with E-state index in [2.05, 4.69) is 76.2 Å². The Hall–Kier alpha value is -1.82. The third kappa shape index (κ3) is 2.55. The summed E-state index contributed by atoms with van der Waals surface area (Å²) in [4.78, 5) is 0. The van der Waals surface area contributed by atoms with Gasteiger partial charge in [-0.1, -0.05) is 81.8 Å². The van der Waals surface area contributed by atoms with Crippen molar-refractivity contribution in [3.8, 4) is 11.1 Å². The molecule has 108 valence electrons. The molecule has 0 amide bonds. The van der Waals surface area contributed by atoms with Crippen molar-refractivity contribution in [3.63, 3.8) is 0 Å². The van der Waals surface area contributed by atoms with Gasteiger partial charge in [-0.3, -0.25) is 0 Å². The SMILES string of the molecule is CCc1ccc2c(c1-c1ccccc1)C=C(C(C)(C)C)C2. The Labute approximate surface area is 128 Å². The maximum atomic E-state index is 2.44. The maximum absolute atomic E-state index is 2.44. The predicted octanol–water partition coefficient (Wildman–Crippen LogP) is 5.90. The first-order chi connectivity index (χ1) is 10.0. The second kappa shape index (κ2) is 5.18. The lowest BCUT2D eigenvalue weighted by Gasteiger charge is -2.19. The van der Waals surface area contributed by atoms with Crippen molar-refractivity contribution in [1.82, 2.24) is 0 Å². The Balaban J connectivity index is 2.21. The van der Waals surface area contributed by atoms with Crippen LogP contribution >= 0.6 is 0 Å². The minimum Gasteiger partial charge on any atom is -0.0622 e. The summed E-state index contributed by atoms with van der Waals surface area (Å²) in [7, 11) is 0. The van der Waals surface area contributed by atoms with Crippen molar-refractivity contribution < 1.29 is 0 Å². The molecule has 0 spiro atoms. The molecule has 0 saturated heterocycles. The van der Waals surface area contributed by atoms with Crippen LogP contribution in [0.3, 0.4) is 0 Å². The van der Waals surface area contributed by atoms with Crippen LogP contribution in [0.1, 0.15) is 44.4 Å². The van der Waals surface area contributed by atoms with Crippen LogP contribution in [0.15, 0.2) is 48.0 Å². The normalized spacial score (nSPS) is 14.0. The average molecular weight is 276 g/mol. The zero-order chi connectivity index (χ0) is 15.0. The highest BCUT2D eigenvalue weighted by atomic mass is 14.3. The van der Waals surface area contributed by atoms with Crippen molar-refractivity contribution in [2.45, 2.75) is 40.5 Å². The van der Waals surface area contributed by atoms with Crippen LogP contribution in [0, 0.1) is 5.41 Å². The molecule has 1 aliphatic rings. The van der Waals surface area contributed by atoms with Crippen molar-refractivity contribution in [3.05, 3.63) is 64.7 Å². The minimum absolute atomic E-state index is 0.249. The monoisotopic (exact) mass is 276 g/mol. The first kappa shape index (κ1) is 14.1. The van der Waals surface area contributed by atoms with Crippen LogP contribution in [0.4, 0.5) is 0 Å². The fraction of sp³-hybridized carbons (Fsp3) is 0.333. The fourth-order valence-corrected chi connectivity index (χ4v) is 3.18. The molecule has 0 radical (unpaired) electrons. The third-order valence-electron chi connectivity index (χ3n) is 4.53. The van der Waals surface area contributed by atoms with E-state index in [1.54, 1.807) is 5.57 Å². The van der Waals surface area contributed by atoms with Gasteiger partial charge in [-0.2, -0.15) is 0 Å². The summed E-state index contributed by atoms with van der Waals surface area (Å²) in [5.74, 6) is 0. The number of rotatable bonds is 2. The second-order valence-electron chi connectivity index (χ2n) is 6.99. The molecule has 2 aromatic carbocycles. The third-order valence-corrected chi connectivity index (χ3v) is 4.53. The van der Waals surface area contributed by atoms with Gasteiger partial charge in [0.05, 0.1) is 0 Å². The van der Waals surface area contributed by atoms with E-state index in [1.807, 2.05) is 0 Å². The number of fused-ring (bicyclic) bond motifs is 1. The molecule has 0 heteroatoms. The first-order valence-electron chi connectivity index (χ1n) is 7.92. The molecule has 0 heterocycles. The summed E-state index contributed by atoms with van der Waals surface area (Å²) < 4.78 is 0. The molecule has 0 atom stereocenters. The van der Waals surface area contributed by atoms with Crippen molar-refractivity contribution in [1.29, 1.82) is 0 Å². The molecule has 0 unspecified atom stereocenters. The summed E-state index contributed by atoms with van der Waals surface area (Å²) in [6.07, 6.45) is 4.62. The molecular weight excluding hydrogens is 252 g/mol. The number of benzene rings is 2. The highest BCUT2D eigenvalue weighted by Crippen LogP contribution is 2.41. The Morgan fingerprint density at radius 3 is 2.29 bits per heavy atom. The topological polar surface area (TPSA) is 0 Å². The smallest absolute Gasteiger partial charge is 0.00523 e. The van der Waals surface area contributed by atoms with Crippen molar-refractivity contribution in [2.24, 2.45) is 5.41 Å². The highest BCUT2D eigenvalue weighted by molar-refractivity contribution is 5.83. The zero-order valence-corrected chi connectivity index (χ0v) is 13.5. The van der Waals surface area contributed by atoms with Crippen LogP contribution in [0.5, 0.6) is 0 Å². The van der Waals surface area contributed by atoms with Crippen molar-refractivity contribution >= 4 is 6.08 Å².